The second-order valence-electron chi connectivity index (χ2n) is 5.05. The predicted octanol–water partition coefficient (Wildman–Crippen LogP) is 3.33. The fourth-order valence-corrected chi connectivity index (χ4v) is 3.57. The van der Waals surface area contributed by atoms with Crippen LogP contribution in [0.1, 0.15) is 58.3 Å². The lowest BCUT2D eigenvalue weighted by atomic mass is 9.76. The summed E-state index contributed by atoms with van der Waals surface area (Å²) in [7, 11) is 0. The average molecular weight is 180 g/mol. The van der Waals surface area contributed by atoms with Crippen LogP contribution in [0.4, 0.5) is 0 Å². The molecule has 0 aromatic rings. The fraction of sp³-hybridized carbons (Fsp3) is 0.917. The molecule has 1 nitrogen and oxygen atoms in total. The van der Waals surface area contributed by atoms with Crippen LogP contribution in [0.15, 0.2) is 0 Å². The van der Waals surface area contributed by atoms with E-state index in [1.54, 1.807) is 6.92 Å². The molecule has 0 amide bonds. The number of carbonyl (C=O) groups excluding carboxylic acids is 1. The Labute approximate surface area is 80.9 Å². The van der Waals surface area contributed by atoms with Crippen LogP contribution in [0.2, 0.25) is 0 Å². The number of fused-ring (bicyclic) bond motifs is 1. The first-order valence-electron chi connectivity index (χ1n) is 5.72. The van der Waals surface area contributed by atoms with Gasteiger partial charge in [0.1, 0.15) is 5.78 Å². The molecule has 0 bridgehead atoms. The van der Waals surface area contributed by atoms with Crippen molar-refractivity contribution >= 4 is 5.78 Å². The Morgan fingerprint density at radius 2 is 1.92 bits per heavy atom. The molecular formula is C12H20O. The van der Waals surface area contributed by atoms with Crippen LogP contribution < -0.4 is 0 Å². The molecule has 1 heteroatoms. The molecule has 74 valence electrons. The second-order valence-corrected chi connectivity index (χ2v) is 5.05. The van der Waals surface area contributed by atoms with E-state index < -0.39 is 0 Å². The highest BCUT2D eigenvalue weighted by Crippen LogP contribution is 2.56. The highest BCUT2D eigenvalue weighted by molar-refractivity contribution is 5.75. The molecule has 0 atom stereocenters. The van der Waals surface area contributed by atoms with Crippen molar-refractivity contribution in [1.82, 2.24) is 0 Å². The van der Waals surface area contributed by atoms with E-state index >= 15 is 0 Å². The molecule has 0 aromatic carbocycles. The molecule has 0 aromatic heterocycles. The summed E-state index contributed by atoms with van der Waals surface area (Å²) in [6, 6.07) is 0. The van der Waals surface area contributed by atoms with Crippen molar-refractivity contribution < 1.29 is 4.79 Å². The van der Waals surface area contributed by atoms with Gasteiger partial charge in [-0.2, -0.15) is 0 Å². The molecule has 2 rings (SSSR count). The maximum absolute atomic E-state index is 11.0. The van der Waals surface area contributed by atoms with E-state index in [9.17, 15) is 4.79 Å². The third kappa shape index (κ3) is 1.66. The van der Waals surface area contributed by atoms with E-state index in [0.29, 0.717) is 11.2 Å². The minimum atomic E-state index is 0.381. The summed E-state index contributed by atoms with van der Waals surface area (Å²) in [6.45, 7) is 1.73. The quantitative estimate of drug-likeness (QED) is 0.651. The third-order valence-corrected chi connectivity index (χ3v) is 4.30. The van der Waals surface area contributed by atoms with E-state index in [0.717, 1.165) is 12.3 Å². The molecule has 0 heterocycles. The molecule has 2 saturated carbocycles. The van der Waals surface area contributed by atoms with Crippen molar-refractivity contribution in [1.29, 1.82) is 0 Å². The molecule has 0 spiro atoms. The molecule has 0 N–H and O–H groups in total. The summed E-state index contributed by atoms with van der Waals surface area (Å²) in [5.41, 5.74) is 0.617. The second kappa shape index (κ2) is 3.43. The third-order valence-electron chi connectivity index (χ3n) is 4.30. The first kappa shape index (κ1) is 9.23. The Hall–Kier alpha value is -0.330. The van der Waals surface area contributed by atoms with Crippen molar-refractivity contribution in [3.63, 3.8) is 0 Å². The number of Topliss-reactive ketones (excluding diaryl/α,β-unsaturated/α-hetero) is 1. The largest absolute Gasteiger partial charge is 0.300 e. The van der Waals surface area contributed by atoms with Crippen molar-refractivity contribution in [2.24, 2.45) is 11.3 Å². The molecule has 13 heavy (non-hydrogen) atoms. The number of carbonyl (C=O) groups is 1. The summed E-state index contributed by atoms with van der Waals surface area (Å²) in [5, 5.41) is 0. The maximum atomic E-state index is 11.0. The molecule has 0 unspecified atom stereocenters. The highest BCUT2D eigenvalue weighted by Gasteiger charge is 2.45. The molecule has 2 fully saturated rings. The predicted molar refractivity (Wildman–Crippen MR) is 53.5 cm³/mol. The van der Waals surface area contributed by atoms with E-state index in [2.05, 4.69) is 0 Å². The standard InChI is InChI=1S/C12H20O/c1-10(13)6-9-12-7-2-4-11(12)5-3-8-12/h11H,2-9H2,1H3. The number of rotatable bonds is 3. The molecular weight excluding hydrogens is 160 g/mol. The van der Waals surface area contributed by atoms with Crippen molar-refractivity contribution in [3.8, 4) is 0 Å². The Morgan fingerprint density at radius 1 is 1.31 bits per heavy atom. The summed E-state index contributed by atoms with van der Waals surface area (Å²) in [4.78, 5) is 11.0. The van der Waals surface area contributed by atoms with Gasteiger partial charge in [0, 0.05) is 6.42 Å². The minimum absolute atomic E-state index is 0.381. The molecule has 0 saturated heterocycles. The first-order valence-corrected chi connectivity index (χ1v) is 5.72. The minimum Gasteiger partial charge on any atom is -0.300 e. The van der Waals surface area contributed by atoms with Gasteiger partial charge in [0.25, 0.3) is 0 Å². The number of hydrogen-bond donors (Lipinski definition) is 0. The zero-order chi connectivity index (χ0) is 9.31. The van der Waals surface area contributed by atoms with Crippen LogP contribution in [0, 0.1) is 11.3 Å². The van der Waals surface area contributed by atoms with Gasteiger partial charge in [-0.3, -0.25) is 0 Å². The Balaban J connectivity index is 1.97. The number of ketones is 1. The summed E-state index contributed by atoms with van der Waals surface area (Å²) >= 11 is 0. The number of hydrogen-bond acceptors (Lipinski definition) is 1. The molecule has 0 radical (unpaired) electrons. The monoisotopic (exact) mass is 180 g/mol. The van der Waals surface area contributed by atoms with Gasteiger partial charge in [0.05, 0.1) is 0 Å². The van der Waals surface area contributed by atoms with Crippen molar-refractivity contribution in [2.75, 3.05) is 0 Å². The summed E-state index contributed by atoms with van der Waals surface area (Å²) < 4.78 is 0. The van der Waals surface area contributed by atoms with Gasteiger partial charge in [-0.15, -0.1) is 0 Å². The normalized spacial score (nSPS) is 37.8. The van der Waals surface area contributed by atoms with Crippen LogP contribution in [-0.2, 0) is 4.79 Å². The molecule has 0 aliphatic heterocycles. The molecule has 2 aliphatic rings. The van der Waals surface area contributed by atoms with Gasteiger partial charge in [-0.1, -0.05) is 12.8 Å². The van der Waals surface area contributed by atoms with E-state index in [1.165, 1.54) is 44.9 Å². The SMILES string of the molecule is CC(=O)CCC12CCCC1CCC2. The van der Waals surface area contributed by atoms with Gasteiger partial charge in [0.15, 0.2) is 0 Å². The average Bonchev–Trinajstić information content (AvgIpc) is 2.57. The Kier molecular flexibility index (Phi) is 2.44. The van der Waals surface area contributed by atoms with Crippen LogP contribution in [0.25, 0.3) is 0 Å². The van der Waals surface area contributed by atoms with E-state index in [4.69, 9.17) is 0 Å². The lowest BCUT2D eigenvalue weighted by molar-refractivity contribution is -0.117. The maximum Gasteiger partial charge on any atom is 0.129 e. The topological polar surface area (TPSA) is 17.1 Å². The van der Waals surface area contributed by atoms with Crippen LogP contribution in [0.5, 0.6) is 0 Å². The van der Waals surface area contributed by atoms with Crippen LogP contribution in [0.3, 0.4) is 0 Å². The van der Waals surface area contributed by atoms with E-state index in [-0.39, 0.29) is 0 Å². The lowest BCUT2D eigenvalue weighted by Crippen LogP contribution is -2.20. The zero-order valence-corrected chi connectivity index (χ0v) is 8.64. The zero-order valence-electron chi connectivity index (χ0n) is 8.64. The van der Waals surface area contributed by atoms with Crippen LogP contribution in [-0.4, -0.2) is 5.78 Å². The lowest BCUT2D eigenvalue weighted by Gasteiger charge is -2.28. The van der Waals surface area contributed by atoms with Gasteiger partial charge in [0.2, 0.25) is 0 Å². The Bertz CT molecular complexity index is 197. The first-order chi connectivity index (χ1) is 6.23. The summed E-state index contributed by atoms with van der Waals surface area (Å²) in [5.74, 6) is 1.36. The Morgan fingerprint density at radius 3 is 2.46 bits per heavy atom. The van der Waals surface area contributed by atoms with Crippen molar-refractivity contribution in [3.05, 3.63) is 0 Å². The van der Waals surface area contributed by atoms with Crippen molar-refractivity contribution in [2.45, 2.75) is 58.3 Å². The van der Waals surface area contributed by atoms with Gasteiger partial charge in [-0.05, 0) is 50.4 Å². The van der Waals surface area contributed by atoms with Gasteiger partial charge < -0.3 is 4.79 Å². The van der Waals surface area contributed by atoms with E-state index in [1.807, 2.05) is 0 Å². The molecule has 2 aliphatic carbocycles. The highest BCUT2D eigenvalue weighted by atomic mass is 16.1. The van der Waals surface area contributed by atoms with Gasteiger partial charge in [-0.25, -0.2) is 0 Å². The van der Waals surface area contributed by atoms with Crippen LogP contribution >= 0.6 is 0 Å². The van der Waals surface area contributed by atoms with Gasteiger partial charge >= 0.3 is 0 Å². The summed E-state index contributed by atoms with van der Waals surface area (Å²) in [6.07, 6.45) is 10.6. The fourth-order valence-electron chi connectivity index (χ4n) is 3.57. The smallest absolute Gasteiger partial charge is 0.129 e.